The summed E-state index contributed by atoms with van der Waals surface area (Å²) < 4.78 is 3.21. The quantitative estimate of drug-likeness (QED) is 0.165. The van der Waals surface area contributed by atoms with Crippen LogP contribution in [0.5, 0.6) is 0 Å². The second-order valence-electron chi connectivity index (χ2n) is 9.51. The molecule has 0 aromatic heterocycles. The van der Waals surface area contributed by atoms with Crippen LogP contribution in [0.2, 0.25) is 38.5 Å². The molecule has 128 valence electrons. The third-order valence-corrected chi connectivity index (χ3v) is 14.9. The van der Waals surface area contributed by atoms with Crippen molar-refractivity contribution in [2.45, 2.75) is 109 Å². The molecule has 0 aromatic rings. The van der Waals surface area contributed by atoms with Gasteiger partial charge in [-0.05, 0) is 0 Å². The first-order valence-corrected chi connectivity index (χ1v) is 30.9. The van der Waals surface area contributed by atoms with Crippen LogP contribution in [0.1, 0.15) is 70.6 Å². The molecule has 21 heavy (non-hydrogen) atoms. The maximum atomic E-state index is 2.57. The van der Waals surface area contributed by atoms with E-state index in [-0.39, 0.29) is 0 Å². The van der Waals surface area contributed by atoms with Crippen LogP contribution in [0.4, 0.5) is 0 Å². The predicted molar refractivity (Wildman–Crippen MR) is 107 cm³/mol. The first kappa shape index (κ1) is 22.6. The van der Waals surface area contributed by atoms with Gasteiger partial charge in [0, 0.05) is 0 Å². The molecule has 0 atom stereocenters. The third-order valence-electron chi connectivity index (χ3n) is 4.35. The van der Waals surface area contributed by atoms with Gasteiger partial charge in [-0.15, -0.1) is 0 Å². The van der Waals surface area contributed by atoms with Gasteiger partial charge in [-0.1, -0.05) is 0 Å². The van der Waals surface area contributed by atoms with Crippen LogP contribution < -0.4 is 0 Å². The van der Waals surface area contributed by atoms with Crippen LogP contribution in [0, 0.1) is 0 Å². The van der Waals surface area contributed by atoms with Crippen LogP contribution >= 0.6 is 0 Å². The molecule has 0 unspecified atom stereocenters. The van der Waals surface area contributed by atoms with E-state index in [0.717, 1.165) is 0 Å². The molecule has 0 N–H and O–H groups in total. The summed E-state index contributed by atoms with van der Waals surface area (Å²) in [5, 5.41) is 0. The van der Waals surface area contributed by atoms with Gasteiger partial charge in [-0.3, -0.25) is 0 Å². The zero-order valence-corrected chi connectivity index (χ0v) is 21.9. The Balaban J connectivity index is 3.10. The van der Waals surface area contributed by atoms with E-state index in [2.05, 4.69) is 29.6 Å². The molecular weight excluding hydrogens is 466 g/mol. The topological polar surface area (TPSA) is 0 Å². The molecule has 0 bridgehead atoms. The van der Waals surface area contributed by atoms with Crippen molar-refractivity contribution in [2.24, 2.45) is 0 Å². The van der Waals surface area contributed by atoms with Crippen molar-refractivity contribution in [3.63, 3.8) is 0 Å². The Hall–Kier alpha value is 1.60. The van der Waals surface area contributed by atoms with Crippen molar-refractivity contribution in [2.75, 3.05) is 0 Å². The van der Waals surface area contributed by atoms with Gasteiger partial charge in [-0.25, -0.2) is 0 Å². The molecule has 0 spiro atoms. The zero-order chi connectivity index (χ0) is 16.2. The molecular formula is C19H44Sn2. The van der Waals surface area contributed by atoms with Crippen molar-refractivity contribution in [3.8, 4) is 0 Å². The third kappa shape index (κ3) is 21.6. The van der Waals surface area contributed by atoms with Gasteiger partial charge in [0.15, 0.2) is 0 Å². The van der Waals surface area contributed by atoms with Crippen molar-refractivity contribution < 1.29 is 0 Å². The number of rotatable bonds is 14. The Morgan fingerprint density at radius 1 is 0.333 bits per heavy atom. The van der Waals surface area contributed by atoms with Crippen LogP contribution in [-0.4, -0.2) is 36.8 Å². The summed E-state index contributed by atoms with van der Waals surface area (Å²) in [6.45, 7) is 0. The molecule has 0 radical (unpaired) electrons. The summed E-state index contributed by atoms with van der Waals surface area (Å²) in [5.41, 5.74) is 0. The fraction of sp³-hybridized carbons (Fsp3) is 1.00. The predicted octanol–water partition coefficient (Wildman–Crippen LogP) is 7.95. The van der Waals surface area contributed by atoms with Gasteiger partial charge in [0.05, 0.1) is 0 Å². The summed E-state index contributed by atoms with van der Waals surface area (Å²) in [5.74, 6) is 0. The molecule has 2 heteroatoms. The van der Waals surface area contributed by atoms with Gasteiger partial charge < -0.3 is 0 Å². The number of hydrogen-bond donors (Lipinski definition) is 0. The van der Waals surface area contributed by atoms with Crippen molar-refractivity contribution in [3.05, 3.63) is 0 Å². The van der Waals surface area contributed by atoms with E-state index in [1.165, 1.54) is 70.6 Å². The van der Waals surface area contributed by atoms with E-state index in [1.54, 1.807) is 8.87 Å². The molecule has 0 aromatic carbocycles. The van der Waals surface area contributed by atoms with Gasteiger partial charge in [0.25, 0.3) is 0 Å². The zero-order valence-electron chi connectivity index (χ0n) is 16.2. The molecule has 0 rings (SSSR count). The average Bonchev–Trinajstić information content (AvgIpc) is 2.32. The molecule has 0 aliphatic heterocycles. The maximum absolute atomic E-state index is 2.57. The first-order valence-electron chi connectivity index (χ1n) is 9.71. The van der Waals surface area contributed by atoms with Crippen molar-refractivity contribution in [1.29, 1.82) is 0 Å². The van der Waals surface area contributed by atoms with E-state index in [1.807, 2.05) is 0 Å². The van der Waals surface area contributed by atoms with Gasteiger partial charge in [0.1, 0.15) is 0 Å². The Bertz CT molecular complexity index is 199. The Labute approximate surface area is 145 Å². The Kier molecular flexibility index (Phi) is 13.9. The SMILES string of the molecule is [CH3][Sn]([CH3])([CH3])[CH2]CCCCCCCCCCC[CH2][Sn]([CH3])([CH3])[CH3]. The van der Waals surface area contributed by atoms with Crippen LogP contribution in [0.15, 0.2) is 0 Å². The standard InChI is InChI=1S/C13H26.6CH3.2Sn/c1-3-5-7-9-11-13-12-10-8-6-4-2;;;;;;;;/h1-13H2;6*1H3;;. The molecule has 0 aliphatic carbocycles. The molecule has 0 fully saturated rings. The van der Waals surface area contributed by atoms with Crippen molar-refractivity contribution in [1.82, 2.24) is 0 Å². The number of hydrogen-bond acceptors (Lipinski definition) is 0. The molecule has 0 saturated heterocycles. The molecule has 0 heterocycles. The summed E-state index contributed by atoms with van der Waals surface area (Å²) >= 11 is -2.86. The van der Waals surface area contributed by atoms with E-state index in [0.29, 0.717) is 0 Å². The van der Waals surface area contributed by atoms with Crippen molar-refractivity contribution >= 4 is 36.8 Å². The molecule has 0 aliphatic rings. The van der Waals surface area contributed by atoms with Gasteiger partial charge >= 0.3 is 146 Å². The minimum atomic E-state index is -1.43. The minimum absolute atomic E-state index is 1.43. The Morgan fingerprint density at radius 3 is 0.714 bits per heavy atom. The van der Waals surface area contributed by atoms with Crippen LogP contribution in [0.25, 0.3) is 0 Å². The molecule has 0 amide bonds. The van der Waals surface area contributed by atoms with Gasteiger partial charge in [0.2, 0.25) is 0 Å². The normalized spacial score (nSPS) is 12.9. The van der Waals surface area contributed by atoms with E-state index < -0.39 is 36.8 Å². The fourth-order valence-corrected chi connectivity index (χ4v) is 10.4. The second kappa shape index (κ2) is 13.0. The van der Waals surface area contributed by atoms with E-state index >= 15 is 0 Å². The molecule has 0 nitrogen and oxygen atoms in total. The van der Waals surface area contributed by atoms with Gasteiger partial charge in [-0.2, -0.15) is 0 Å². The van der Waals surface area contributed by atoms with Crippen LogP contribution in [0.3, 0.4) is 0 Å². The van der Waals surface area contributed by atoms with E-state index in [4.69, 9.17) is 0 Å². The summed E-state index contributed by atoms with van der Waals surface area (Å²) in [7, 11) is 0. The van der Waals surface area contributed by atoms with Crippen LogP contribution in [-0.2, 0) is 0 Å². The molecule has 0 saturated carbocycles. The fourth-order valence-electron chi connectivity index (χ4n) is 2.90. The summed E-state index contributed by atoms with van der Waals surface area (Å²) in [6.07, 6.45) is 16.6. The van der Waals surface area contributed by atoms with E-state index in [9.17, 15) is 0 Å². The first-order chi connectivity index (χ1) is 9.71. The number of unbranched alkanes of at least 4 members (excludes halogenated alkanes) is 10. The monoisotopic (exact) mass is 512 g/mol. The Morgan fingerprint density at radius 2 is 0.524 bits per heavy atom. The average molecular weight is 510 g/mol. The summed E-state index contributed by atoms with van der Waals surface area (Å²) in [4.78, 5) is 15.4. The second-order valence-corrected chi connectivity index (χ2v) is 41.6. The summed E-state index contributed by atoms with van der Waals surface area (Å²) in [6, 6.07) is 0.